The third-order valence-electron chi connectivity index (χ3n) is 4.62. The second-order valence-corrected chi connectivity index (χ2v) is 6.97. The molecule has 2 aromatic rings. The molecule has 0 N–H and O–H groups in total. The fraction of sp³-hybridized carbons (Fsp3) is 0.273. The first-order chi connectivity index (χ1) is 11.3. The first-order valence-corrected chi connectivity index (χ1v) is 9.33. The summed E-state index contributed by atoms with van der Waals surface area (Å²) in [5.41, 5.74) is 5.95. The third-order valence-corrected chi connectivity index (χ3v) is 5.63. The van der Waals surface area contributed by atoms with Crippen LogP contribution in [0, 0.1) is 0 Å². The summed E-state index contributed by atoms with van der Waals surface area (Å²) in [6.45, 7) is 2.27. The van der Waals surface area contributed by atoms with Crippen LogP contribution < -0.4 is 37.2 Å². The zero-order valence-corrected chi connectivity index (χ0v) is 18.7. The Morgan fingerprint density at radius 1 is 0.846 bits per heavy atom. The Hall–Kier alpha value is -0.496. The molecule has 26 heavy (non-hydrogen) atoms. The van der Waals surface area contributed by atoms with E-state index in [0.29, 0.717) is 5.92 Å². The second-order valence-electron chi connectivity index (χ2n) is 6.19. The Morgan fingerprint density at radius 2 is 1.35 bits per heavy atom. The van der Waals surface area contributed by atoms with E-state index in [1.54, 1.807) is 11.1 Å². The van der Waals surface area contributed by atoms with Gasteiger partial charge in [0.15, 0.2) is 0 Å². The molecule has 2 aromatic carbocycles. The molecule has 0 aromatic heterocycles. The molecule has 0 bridgehead atoms. The number of benzene rings is 2. The van der Waals surface area contributed by atoms with Crippen LogP contribution in [0.15, 0.2) is 81.8 Å². The number of hydrogen-bond acceptors (Lipinski definition) is 0. The molecule has 136 valence electrons. The zero-order valence-electron chi connectivity index (χ0n) is 14.9. The Kier molecular flexibility index (Phi) is 12.6. The van der Waals surface area contributed by atoms with E-state index in [9.17, 15) is 0 Å². The van der Waals surface area contributed by atoms with Gasteiger partial charge in [-0.1, -0.05) is 0 Å². The van der Waals surface area contributed by atoms with Crippen LogP contribution in [-0.2, 0) is 20.4 Å². The first kappa shape index (κ1) is 25.5. The smallest absolute Gasteiger partial charge is 1.00 e. The molecule has 0 radical (unpaired) electrons. The monoisotopic (exact) mass is 440 g/mol. The van der Waals surface area contributed by atoms with E-state index in [4.69, 9.17) is 0 Å². The fourth-order valence-electron chi connectivity index (χ4n) is 3.39. The Bertz CT molecular complexity index is 669. The number of hydrogen-bond donors (Lipinski definition) is 0. The topological polar surface area (TPSA) is 0 Å². The molecule has 1 aliphatic carbocycles. The molecule has 0 spiro atoms. The molecule has 0 heterocycles. The summed E-state index contributed by atoms with van der Waals surface area (Å²) in [6.07, 6.45) is 7.33. The van der Waals surface area contributed by atoms with Crippen LogP contribution in [0.25, 0.3) is 0 Å². The summed E-state index contributed by atoms with van der Waals surface area (Å²) in [6, 6.07) is 21.9. The van der Waals surface area contributed by atoms with Gasteiger partial charge in [-0.2, -0.15) is 0 Å². The van der Waals surface area contributed by atoms with E-state index >= 15 is 0 Å². The maximum atomic E-state index is 2.46. The first-order valence-electron chi connectivity index (χ1n) is 8.55. The molecule has 0 nitrogen and oxygen atoms in total. The van der Waals surface area contributed by atoms with Crippen molar-refractivity contribution >= 4 is 0 Å². The van der Waals surface area contributed by atoms with Gasteiger partial charge < -0.3 is 37.2 Å². The van der Waals surface area contributed by atoms with Crippen molar-refractivity contribution in [3.05, 3.63) is 92.9 Å². The fourth-order valence-corrected chi connectivity index (χ4v) is 4.13. The van der Waals surface area contributed by atoms with Crippen molar-refractivity contribution in [1.82, 2.24) is 0 Å². The minimum absolute atomic E-state index is 0. The van der Waals surface area contributed by atoms with Gasteiger partial charge >= 0.3 is 152 Å². The minimum atomic E-state index is 0. The molecule has 0 atom stereocenters. The van der Waals surface area contributed by atoms with E-state index in [0.717, 1.165) is 6.42 Å². The maximum Gasteiger partial charge on any atom is -1.00 e. The normalized spacial score (nSPS) is 12.8. The average molecular weight is 442 g/mol. The van der Waals surface area contributed by atoms with Gasteiger partial charge in [0, 0.05) is 0 Å². The van der Waals surface area contributed by atoms with E-state index in [2.05, 4.69) is 94.1 Å². The Balaban J connectivity index is 0.00000208. The zero-order chi connectivity index (χ0) is 16.1. The predicted molar refractivity (Wildman–Crippen MR) is 94.0 cm³/mol. The molecule has 0 saturated carbocycles. The van der Waals surface area contributed by atoms with Crippen molar-refractivity contribution in [2.75, 3.05) is 0 Å². The van der Waals surface area contributed by atoms with Gasteiger partial charge in [0.05, 0.1) is 0 Å². The van der Waals surface area contributed by atoms with Gasteiger partial charge in [0.2, 0.25) is 0 Å². The van der Waals surface area contributed by atoms with Gasteiger partial charge in [-0.25, -0.2) is 0 Å². The van der Waals surface area contributed by atoms with Crippen LogP contribution in [0.5, 0.6) is 0 Å². The van der Waals surface area contributed by atoms with Crippen LogP contribution in [0.4, 0.5) is 0 Å². The van der Waals surface area contributed by atoms with Crippen molar-refractivity contribution in [1.29, 1.82) is 0 Å². The summed E-state index contributed by atoms with van der Waals surface area (Å²) < 4.78 is 1.52. The Labute approximate surface area is 188 Å². The average Bonchev–Trinajstić information content (AvgIpc) is 2.96. The van der Waals surface area contributed by atoms with Gasteiger partial charge in [-0.05, 0) is 0 Å². The van der Waals surface area contributed by atoms with E-state index in [1.807, 2.05) is 0 Å². The van der Waals surface area contributed by atoms with Crippen molar-refractivity contribution in [2.24, 2.45) is 0 Å². The van der Waals surface area contributed by atoms with E-state index in [-0.39, 0.29) is 37.2 Å². The summed E-state index contributed by atoms with van der Waals surface area (Å²) in [4.78, 5) is 0. The minimum Gasteiger partial charge on any atom is -1.00 e. The summed E-state index contributed by atoms with van der Waals surface area (Å²) in [7, 11) is 0. The van der Waals surface area contributed by atoms with Gasteiger partial charge in [-0.3, -0.25) is 0 Å². The van der Waals surface area contributed by atoms with E-state index in [1.165, 1.54) is 34.3 Å². The van der Waals surface area contributed by atoms with Crippen LogP contribution in [0.3, 0.4) is 0 Å². The third kappa shape index (κ3) is 6.01. The van der Waals surface area contributed by atoms with Crippen molar-refractivity contribution < 1.29 is 57.7 Å². The molecule has 0 amide bonds. The standard InChI is InChI=1S/C22H23.3ClH.Ti/c1-2-3-10-18-15-16-21(17-18)22(19-11-6-4-7-12-19)20-13-8-5-9-14-20;;;;/h4-9,11-15,22H,2-3,10,16H2,1H3;3*1H;/q;;;;+3/p-3. The maximum absolute atomic E-state index is 2.46. The SMILES string of the molecule is CCCCC1=CCC(C(c2ccccc2)c2ccccc2)=[C]1[Ti+3].[Cl-].[Cl-].[Cl-]. The van der Waals surface area contributed by atoms with Crippen molar-refractivity contribution in [2.45, 2.75) is 38.5 Å². The molecular formula is C22H23Cl3Ti. The number of unbranched alkanes of at least 4 members (excludes halogenated alkanes) is 1. The van der Waals surface area contributed by atoms with Crippen LogP contribution in [0.1, 0.15) is 49.7 Å². The molecule has 1 aliphatic rings. The van der Waals surface area contributed by atoms with Gasteiger partial charge in [-0.15, -0.1) is 0 Å². The molecule has 4 heteroatoms. The van der Waals surface area contributed by atoms with Crippen LogP contribution >= 0.6 is 0 Å². The van der Waals surface area contributed by atoms with Crippen LogP contribution in [0.2, 0.25) is 0 Å². The quantitative estimate of drug-likeness (QED) is 0.424. The molecular weight excluding hydrogens is 418 g/mol. The predicted octanol–water partition coefficient (Wildman–Crippen LogP) is -2.85. The Morgan fingerprint density at radius 3 is 1.81 bits per heavy atom. The van der Waals surface area contributed by atoms with E-state index < -0.39 is 0 Å². The van der Waals surface area contributed by atoms with Crippen LogP contribution in [-0.4, -0.2) is 0 Å². The van der Waals surface area contributed by atoms with Crippen molar-refractivity contribution in [3.8, 4) is 0 Å². The van der Waals surface area contributed by atoms with Gasteiger partial charge in [0.25, 0.3) is 0 Å². The van der Waals surface area contributed by atoms with Crippen molar-refractivity contribution in [3.63, 3.8) is 0 Å². The second kappa shape index (κ2) is 12.8. The number of rotatable bonds is 6. The molecule has 0 fully saturated rings. The molecule has 0 saturated heterocycles. The van der Waals surface area contributed by atoms with Gasteiger partial charge in [0.1, 0.15) is 0 Å². The molecule has 0 unspecified atom stereocenters. The molecule has 0 aliphatic heterocycles. The summed E-state index contributed by atoms with van der Waals surface area (Å²) in [5.74, 6) is 0.382. The summed E-state index contributed by atoms with van der Waals surface area (Å²) >= 11 is 2.32. The largest absolute Gasteiger partial charge is 1.00 e. The summed E-state index contributed by atoms with van der Waals surface area (Å²) in [5, 5.41) is 0. The number of halogens is 3. The number of allylic oxidation sites excluding steroid dienone is 4. The molecule has 3 rings (SSSR count).